The first-order chi connectivity index (χ1) is 7.31. The summed E-state index contributed by atoms with van der Waals surface area (Å²) in [4.78, 5) is 2.63. The Balaban J connectivity index is 2.31. The zero-order valence-corrected chi connectivity index (χ0v) is 11.4. The molecule has 0 aromatic rings. The van der Waals surface area contributed by atoms with E-state index in [0.717, 1.165) is 23.7 Å². The molecule has 1 N–H and O–H groups in total. The van der Waals surface area contributed by atoms with Gasteiger partial charge in [0.25, 0.3) is 0 Å². The van der Waals surface area contributed by atoms with E-state index in [-0.39, 0.29) is 0 Å². The third kappa shape index (κ3) is 4.41. The Morgan fingerprint density at radius 1 is 1.53 bits per heavy atom. The van der Waals surface area contributed by atoms with E-state index in [1.165, 1.54) is 38.8 Å². The summed E-state index contributed by atoms with van der Waals surface area (Å²) in [5.74, 6) is 0.791. The Labute approximate surface area is 102 Å². The lowest BCUT2D eigenvalue weighted by atomic mass is 10.1. The molecule has 2 unspecified atom stereocenters. The van der Waals surface area contributed by atoms with Crippen LogP contribution in [0.15, 0.2) is 0 Å². The van der Waals surface area contributed by atoms with Crippen LogP contribution in [-0.4, -0.2) is 41.1 Å². The highest BCUT2D eigenvalue weighted by atomic mass is 79.9. The lowest BCUT2D eigenvalue weighted by molar-refractivity contribution is 0.195. The van der Waals surface area contributed by atoms with Gasteiger partial charge in [-0.25, -0.2) is 0 Å². The van der Waals surface area contributed by atoms with Crippen molar-refractivity contribution in [2.75, 3.05) is 25.0 Å². The Kier molecular flexibility index (Phi) is 6.86. The van der Waals surface area contributed by atoms with Gasteiger partial charge in [0.05, 0.1) is 0 Å². The minimum absolute atomic E-state index is 0.347. The van der Waals surface area contributed by atoms with Crippen molar-refractivity contribution in [2.24, 2.45) is 5.92 Å². The van der Waals surface area contributed by atoms with Gasteiger partial charge in [0, 0.05) is 24.5 Å². The summed E-state index contributed by atoms with van der Waals surface area (Å²) < 4.78 is 0. The number of aliphatic hydroxyl groups is 1. The Hall–Kier alpha value is 0.400. The fraction of sp³-hybridized carbons (Fsp3) is 1.00. The summed E-state index contributed by atoms with van der Waals surface area (Å²) in [7, 11) is 0. The molecule has 90 valence electrons. The van der Waals surface area contributed by atoms with Crippen LogP contribution in [0.25, 0.3) is 0 Å². The summed E-state index contributed by atoms with van der Waals surface area (Å²) in [6.45, 7) is 5.11. The van der Waals surface area contributed by atoms with Crippen LogP contribution in [0, 0.1) is 5.92 Å². The van der Waals surface area contributed by atoms with Gasteiger partial charge in [-0.15, -0.1) is 0 Å². The first-order valence-corrected chi connectivity index (χ1v) is 7.34. The summed E-state index contributed by atoms with van der Waals surface area (Å²) in [5.41, 5.74) is 0. The molecule has 1 aliphatic rings. The van der Waals surface area contributed by atoms with E-state index in [0.29, 0.717) is 6.61 Å². The van der Waals surface area contributed by atoms with Crippen molar-refractivity contribution in [1.82, 2.24) is 4.90 Å². The molecule has 0 aliphatic carbocycles. The summed E-state index contributed by atoms with van der Waals surface area (Å²) in [5, 5.41) is 9.98. The number of aliphatic hydroxyl groups excluding tert-OH is 1. The minimum atomic E-state index is 0.347. The van der Waals surface area contributed by atoms with Gasteiger partial charge in [-0.2, -0.15) is 0 Å². The maximum absolute atomic E-state index is 8.86. The van der Waals surface area contributed by atoms with Crippen LogP contribution in [0.2, 0.25) is 0 Å². The second kappa shape index (κ2) is 7.64. The largest absolute Gasteiger partial charge is 0.396 e. The van der Waals surface area contributed by atoms with Crippen molar-refractivity contribution in [1.29, 1.82) is 0 Å². The molecular formula is C12H24BrNO. The zero-order valence-electron chi connectivity index (χ0n) is 9.79. The zero-order chi connectivity index (χ0) is 11.1. The predicted octanol–water partition coefficient (Wildman–Crippen LogP) is 2.64. The van der Waals surface area contributed by atoms with Gasteiger partial charge >= 0.3 is 0 Å². The van der Waals surface area contributed by atoms with Gasteiger partial charge in [-0.1, -0.05) is 29.3 Å². The van der Waals surface area contributed by atoms with E-state index in [4.69, 9.17) is 5.11 Å². The average molecular weight is 278 g/mol. The lowest BCUT2D eigenvalue weighted by Gasteiger charge is -2.27. The van der Waals surface area contributed by atoms with Gasteiger partial charge in [0.2, 0.25) is 0 Å². The van der Waals surface area contributed by atoms with Gasteiger partial charge in [-0.05, 0) is 38.1 Å². The molecule has 0 aromatic heterocycles. The fourth-order valence-electron chi connectivity index (χ4n) is 2.41. The first kappa shape index (κ1) is 13.5. The number of alkyl halides is 1. The number of hydrogen-bond donors (Lipinski definition) is 1. The third-order valence-electron chi connectivity index (χ3n) is 3.48. The van der Waals surface area contributed by atoms with E-state index in [1.54, 1.807) is 0 Å². The van der Waals surface area contributed by atoms with Crippen LogP contribution >= 0.6 is 15.9 Å². The van der Waals surface area contributed by atoms with Crippen LogP contribution in [0.3, 0.4) is 0 Å². The molecule has 0 spiro atoms. The highest BCUT2D eigenvalue weighted by Gasteiger charge is 2.25. The van der Waals surface area contributed by atoms with Crippen molar-refractivity contribution < 1.29 is 5.11 Å². The van der Waals surface area contributed by atoms with Gasteiger partial charge in [0.1, 0.15) is 0 Å². The number of halogens is 1. The van der Waals surface area contributed by atoms with Crippen LogP contribution in [0.5, 0.6) is 0 Å². The number of hydrogen-bond acceptors (Lipinski definition) is 2. The molecule has 1 heterocycles. The second-order valence-corrected chi connectivity index (χ2v) is 5.23. The number of nitrogens with zero attached hydrogens (tertiary/aromatic N) is 1. The van der Waals surface area contributed by atoms with Crippen molar-refractivity contribution in [3.05, 3.63) is 0 Å². The molecule has 1 saturated heterocycles. The Morgan fingerprint density at radius 3 is 2.93 bits per heavy atom. The van der Waals surface area contributed by atoms with Gasteiger partial charge in [0.15, 0.2) is 0 Å². The molecule has 1 fully saturated rings. The molecule has 1 rings (SSSR count). The molecule has 0 aromatic carbocycles. The molecule has 1 aliphatic heterocycles. The Morgan fingerprint density at radius 2 is 2.33 bits per heavy atom. The molecule has 0 amide bonds. The highest BCUT2D eigenvalue weighted by molar-refractivity contribution is 9.09. The first-order valence-electron chi connectivity index (χ1n) is 6.22. The van der Waals surface area contributed by atoms with E-state index < -0.39 is 0 Å². The molecular weight excluding hydrogens is 254 g/mol. The summed E-state index contributed by atoms with van der Waals surface area (Å²) >= 11 is 3.59. The molecule has 3 heteroatoms. The maximum Gasteiger partial charge on any atom is 0.0431 e. The monoisotopic (exact) mass is 277 g/mol. The molecule has 0 radical (unpaired) electrons. The standard InChI is InChI=1S/C12H24BrNO/c1-2-11(9-13)10-14-7-3-5-12(14)6-4-8-15/h11-12,15H,2-10H2,1H3. The van der Waals surface area contributed by atoms with E-state index in [1.807, 2.05) is 0 Å². The van der Waals surface area contributed by atoms with Crippen LogP contribution in [0.4, 0.5) is 0 Å². The van der Waals surface area contributed by atoms with E-state index in [2.05, 4.69) is 27.8 Å². The topological polar surface area (TPSA) is 23.5 Å². The second-order valence-electron chi connectivity index (χ2n) is 4.59. The quantitative estimate of drug-likeness (QED) is 0.724. The summed E-state index contributed by atoms with van der Waals surface area (Å²) in [6, 6.07) is 0.741. The lowest BCUT2D eigenvalue weighted by Crippen LogP contribution is -2.34. The smallest absolute Gasteiger partial charge is 0.0431 e. The maximum atomic E-state index is 8.86. The highest BCUT2D eigenvalue weighted by Crippen LogP contribution is 2.23. The molecule has 15 heavy (non-hydrogen) atoms. The van der Waals surface area contributed by atoms with Crippen LogP contribution in [-0.2, 0) is 0 Å². The molecule has 0 saturated carbocycles. The SMILES string of the molecule is CCC(CBr)CN1CCCC1CCCO. The number of rotatable bonds is 7. The van der Waals surface area contributed by atoms with E-state index >= 15 is 0 Å². The van der Waals surface area contributed by atoms with Crippen molar-refractivity contribution in [3.63, 3.8) is 0 Å². The van der Waals surface area contributed by atoms with Crippen molar-refractivity contribution >= 4 is 15.9 Å². The van der Waals surface area contributed by atoms with E-state index in [9.17, 15) is 0 Å². The molecule has 0 bridgehead atoms. The van der Waals surface area contributed by atoms with Crippen molar-refractivity contribution in [3.8, 4) is 0 Å². The van der Waals surface area contributed by atoms with Crippen LogP contribution in [0.1, 0.15) is 39.0 Å². The minimum Gasteiger partial charge on any atom is -0.396 e. The molecule has 2 nitrogen and oxygen atoms in total. The molecule has 2 atom stereocenters. The normalized spacial score (nSPS) is 24.6. The van der Waals surface area contributed by atoms with Gasteiger partial charge in [-0.3, -0.25) is 0 Å². The average Bonchev–Trinajstić information content (AvgIpc) is 2.70. The van der Waals surface area contributed by atoms with Crippen molar-refractivity contribution in [2.45, 2.75) is 45.1 Å². The fourth-order valence-corrected chi connectivity index (χ4v) is 3.07. The van der Waals surface area contributed by atoms with Crippen LogP contribution < -0.4 is 0 Å². The Bertz CT molecular complexity index is 162. The summed E-state index contributed by atoms with van der Waals surface area (Å²) in [6.07, 6.45) is 6.07. The van der Waals surface area contributed by atoms with Gasteiger partial charge < -0.3 is 10.0 Å². The third-order valence-corrected chi connectivity index (χ3v) is 4.40. The number of likely N-dealkylation sites (tertiary alicyclic amines) is 1. The predicted molar refractivity (Wildman–Crippen MR) is 68.5 cm³/mol.